The third-order valence-electron chi connectivity index (χ3n) is 2.83. The average Bonchev–Trinajstić information content (AvgIpc) is 3.03. The van der Waals surface area contributed by atoms with Crippen molar-refractivity contribution in [1.82, 2.24) is 4.98 Å². The maximum atomic E-state index is 12.0. The van der Waals surface area contributed by atoms with E-state index in [2.05, 4.69) is 10.3 Å². The third-order valence-corrected chi connectivity index (χ3v) is 3.77. The highest BCUT2D eigenvalue weighted by Gasteiger charge is 2.16. The van der Waals surface area contributed by atoms with Crippen LogP contribution in [0.3, 0.4) is 0 Å². The molecule has 0 aliphatic rings. The van der Waals surface area contributed by atoms with Crippen molar-refractivity contribution in [1.29, 1.82) is 0 Å². The second-order valence-corrected chi connectivity index (χ2v) is 5.48. The molecule has 3 aromatic rings. The largest absolute Gasteiger partial charge is 0.478 e. The number of nitrogens with one attached hydrogen (secondary N) is 1. The van der Waals surface area contributed by atoms with Crippen molar-refractivity contribution in [3.8, 4) is 0 Å². The number of carbonyl (C=O) groups is 2. The summed E-state index contributed by atoms with van der Waals surface area (Å²) in [6.07, 6.45) is 1.03. The number of carbonyl (C=O) groups excluding carboxylic acids is 1. The quantitative estimate of drug-likeness (QED) is 0.775. The summed E-state index contributed by atoms with van der Waals surface area (Å²) in [4.78, 5) is 27.0. The standard InChI is InChI=1S/C14H10N2O4S/c1-7-2-3-9-11(4-7)21-14(15-9)16-12(17)10-5-8(6-20-10)13(18)19/h2-6H,1H3,(H,18,19)(H,15,16,17). The van der Waals surface area contributed by atoms with Gasteiger partial charge in [-0.05, 0) is 24.6 Å². The van der Waals surface area contributed by atoms with Crippen LogP contribution >= 0.6 is 11.3 Å². The van der Waals surface area contributed by atoms with E-state index in [0.29, 0.717) is 5.13 Å². The minimum absolute atomic E-state index is 0.0668. The second-order valence-electron chi connectivity index (χ2n) is 4.45. The first-order chi connectivity index (χ1) is 10.0. The molecule has 0 saturated heterocycles. The molecule has 0 atom stereocenters. The number of aromatic carboxylic acids is 1. The summed E-state index contributed by atoms with van der Waals surface area (Å²) in [6, 6.07) is 6.98. The maximum absolute atomic E-state index is 12.0. The number of amides is 1. The lowest BCUT2D eigenvalue weighted by Gasteiger charge is -1.96. The molecule has 0 radical (unpaired) electrons. The zero-order valence-corrected chi connectivity index (χ0v) is 11.7. The van der Waals surface area contributed by atoms with Gasteiger partial charge in [-0.2, -0.15) is 0 Å². The van der Waals surface area contributed by atoms with Gasteiger partial charge < -0.3 is 9.52 Å². The molecule has 0 unspecified atom stereocenters. The molecule has 0 saturated carbocycles. The van der Waals surface area contributed by atoms with Gasteiger partial charge in [0.15, 0.2) is 10.9 Å². The number of hydrogen-bond donors (Lipinski definition) is 2. The number of benzene rings is 1. The lowest BCUT2D eigenvalue weighted by Crippen LogP contribution is -2.10. The van der Waals surface area contributed by atoms with Gasteiger partial charge in [0, 0.05) is 6.07 Å². The van der Waals surface area contributed by atoms with Gasteiger partial charge in [-0.15, -0.1) is 0 Å². The van der Waals surface area contributed by atoms with E-state index in [-0.39, 0.29) is 11.3 Å². The van der Waals surface area contributed by atoms with Crippen molar-refractivity contribution in [2.24, 2.45) is 0 Å². The van der Waals surface area contributed by atoms with Crippen LogP contribution in [0.25, 0.3) is 10.2 Å². The Bertz CT molecular complexity index is 850. The molecule has 21 heavy (non-hydrogen) atoms. The van der Waals surface area contributed by atoms with Gasteiger partial charge in [0.2, 0.25) is 0 Å². The van der Waals surface area contributed by atoms with Crippen LogP contribution in [0.5, 0.6) is 0 Å². The van der Waals surface area contributed by atoms with E-state index in [4.69, 9.17) is 9.52 Å². The maximum Gasteiger partial charge on any atom is 0.338 e. The first-order valence-corrected chi connectivity index (χ1v) is 6.85. The molecule has 0 spiro atoms. The van der Waals surface area contributed by atoms with E-state index in [1.807, 2.05) is 25.1 Å². The Morgan fingerprint density at radius 2 is 2.14 bits per heavy atom. The number of aryl methyl sites for hydroxylation is 1. The fraction of sp³-hybridized carbons (Fsp3) is 0.0714. The summed E-state index contributed by atoms with van der Waals surface area (Å²) >= 11 is 1.35. The van der Waals surface area contributed by atoms with E-state index in [9.17, 15) is 9.59 Å². The summed E-state index contributed by atoms with van der Waals surface area (Å²) in [5, 5.41) is 11.8. The normalized spacial score (nSPS) is 10.7. The molecule has 3 rings (SSSR count). The van der Waals surface area contributed by atoms with Gasteiger partial charge in [0.1, 0.15) is 6.26 Å². The van der Waals surface area contributed by atoms with Crippen LogP contribution in [0.1, 0.15) is 26.5 Å². The minimum Gasteiger partial charge on any atom is -0.478 e. The molecule has 0 aliphatic carbocycles. The predicted molar refractivity (Wildman–Crippen MR) is 78.0 cm³/mol. The number of fused-ring (bicyclic) bond motifs is 1. The number of anilines is 1. The van der Waals surface area contributed by atoms with Crippen molar-refractivity contribution in [3.05, 3.63) is 47.4 Å². The molecule has 106 valence electrons. The Morgan fingerprint density at radius 3 is 2.86 bits per heavy atom. The average molecular weight is 302 g/mol. The smallest absolute Gasteiger partial charge is 0.338 e. The molecule has 1 amide bonds. The van der Waals surface area contributed by atoms with Crippen LogP contribution in [0, 0.1) is 6.92 Å². The van der Waals surface area contributed by atoms with Crippen molar-refractivity contribution >= 4 is 38.6 Å². The Morgan fingerprint density at radius 1 is 1.33 bits per heavy atom. The van der Waals surface area contributed by atoms with Crippen LogP contribution in [0.15, 0.2) is 34.9 Å². The molecule has 1 aromatic carbocycles. The number of furan rings is 1. The van der Waals surface area contributed by atoms with Crippen LogP contribution < -0.4 is 5.32 Å². The van der Waals surface area contributed by atoms with Crippen molar-refractivity contribution in [2.75, 3.05) is 5.32 Å². The van der Waals surface area contributed by atoms with E-state index in [1.54, 1.807) is 0 Å². The predicted octanol–water partition coefficient (Wildman–Crippen LogP) is 3.15. The highest BCUT2D eigenvalue weighted by molar-refractivity contribution is 7.22. The monoisotopic (exact) mass is 302 g/mol. The summed E-state index contributed by atoms with van der Waals surface area (Å²) in [7, 11) is 0. The Balaban J connectivity index is 1.83. The lowest BCUT2D eigenvalue weighted by atomic mass is 10.2. The Labute approximate surface area is 123 Å². The van der Waals surface area contributed by atoms with Crippen molar-refractivity contribution < 1.29 is 19.1 Å². The highest BCUT2D eigenvalue weighted by atomic mass is 32.1. The van der Waals surface area contributed by atoms with Gasteiger partial charge in [-0.25, -0.2) is 9.78 Å². The SMILES string of the molecule is Cc1ccc2nc(NC(=O)c3cc(C(=O)O)co3)sc2c1. The molecule has 0 aliphatic heterocycles. The molecular formula is C14H10N2O4S. The van der Waals surface area contributed by atoms with Gasteiger partial charge >= 0.3 is 5.97 Å². The molecule has 2 aromatic heterocycles. The Kier molecular flexibility index (Phi) is 3.19. The van der Waals surface area contributed by atoms with E-state index >= 15 is 0 Å². The first-order valence-electron chi connectivity index (χ1n) is 6.03. The van der Waals surface area contributed by atoms with E-state index < -0.39 is 11.9 Å². The summed E-state index contributed by atoms with van der Waals surface area (Å²) in [5.74, 6) is -1.74. The zero-order chi connectivity index (χ0) is 15.0. The number of nitrogens with zero attached hydrogens (tertiary/aromatic N) is 1. The lowest BCUT2D eigenvalue weighted by molar-refractivity contribution is 0.0696. The highest BCUT2D eigenvalue weighted by Crippen LogP contribution is 2.27. The van der Waals surface area contributed by atoms with Crippen LogP contribution in [-0.4, -0.2) is 22.0 Å². The number of hydrogen-bond acceptors (Lipinski definition) is 5. The molecule has 2 heterocycles. The fourth-order valence-corrected chi connectivity index (χ4v) is 2.77. The van der Waals surface area contributed by atoms with Crippen LogP contribution in [0.4, 0.5) is 5.13 Å². The van der Waals surface area contributed by atoms with E-state index in [0.717, 1.165) is 22.0 Å². The minimum atomic E-state index is -1.15. The van der Waals surface area contributed by atoms with Gasteiger partial charge in [-0.3, -0.25) is 10.1 Å². The summed E-state index contributed by atoms with van der Waals surface area (Å²) in [6.45, 7) is 1.98. The molecular weight excluding hydrogens is 292 g/mol. The zero-order valence-electron chi connectivity index (χ0n) is 10.9. The summed E-state index contributed by atoms with van der Waals surface area (Å²) in [5.41, 5.74) is 1.84. The van der Waals surface area contributed by atoms with Crippen LogP contribution in [-0.2, 0) is 0 Å². The third kappa shape index (κ3) is 2.63. The fourth-order valence-electron chi connectivity index (χ4n) is 1.81. The molecule has 0 fully saturated rings. The Hall–Kier alpha value is -2.67. The van der Waals surface area contributed by atoms with Crippen molar-refractivity contribution in [3.63, 3.8) is 0 Å². The number of carboxylic acids is 1. The van der Waals surface area contributed by atoms with Gasteiger partial charge in [0.05, 0.1) is 15.8 Å². The van der Waals surface area contributed by atoms with Crippen molar-refractivity contribution in [2.45, 2.75) is 6.92 Å². The topological polar surface area (TPSA) is 92.4 Å². The van der Waals surface area contributed by atoms with Crippen LogP contribution in [0.2, 0.25) is 0 Å². The number of carboxylic acid groups (broad SMARTS) is 1. The van der Waals surface area contributed by atoms with E-state index in [1.165, 1.54) is 17.4 Å². The molecule has 2 N–H and O–H groups in total. The second kappa shape index (κ2) is 5.02. The molecule has 6 nitrogen and oxygen atoms in total. The van der Waals surface area contributed by atoms with Gasteiger partial charge in [0.25, 0.3) is 5.91 Å². The van der Waals surface area contributed by atoms with Gasteiger partial charge in [-0.1, -0.05) is 17.4 Å². The number of thiazole rings is 1. The number of aromatic nitrogens is 1. The molecule has 7 heteroatoms. The molecule has 0 bridgehead atoms. The first kappa shape index (κ1) is 13.3. The summed E-state index contributed by atoms with van der Waals surface area (Å²) < 4.78 is 5.91. The number of rotatable bonds is 3.